The van der Waals surface area contributed by atoms with Crippen molar-refractivity contribution >= 4 is 32.1 Å². The van der Waals surface area contributed by atoms with Crippen LogP contribution in [0.4, 0.5) is 0 Å². The molecule has 1 aliphatic carbocycles. The molecule has 5 nitrogen and oxygen atoms in total. The van der Waals surface area contributed by atoms with Gasteiger partial charge < -0.3 is 13.3 Å². The van der Waals surface area contributed by atoms with Crippen LogP contribution in [0.15, 0.2) is 23.1 Å². The second kappa shape index (κ2) is 7.76. The topological polar surface area (TPSA) is 61.8 Å². The van der Waals surface area contributed by atoms with Crippen LogP contribution in [-0.4, -0.2) is 47.5 Å². The molecule has 0 aromatic carbocycles. The molecule has 0 radical (unpaired) electrons. The van der Waals surface area contributed by atoms with Crippen LogP contribution in [-0.2, 0) is 22.9 Å². The van der Waals surface area contributed by atoms with E-state index >= 15 is 0 Å². The summed E-state index contributed by atoms with van der Waals surface area (Å²) >= 11 is 1.38. The Bertz CT molecular complexity index is 393. The van der Waals surface area contributed by atoms with Crippen LogP contribution in [0.25, 0.3) is 0 Å². The van der Waals surface area contributed by atoms with Gasteiger partial charge >= 0.3 is 8.80 Å². The molecular formula is C12H18O5SSi. The fourth-order valence-electron chi connectivity index (χ4n) is 1.63. The summed E-state index contributed by atoms with van der Waals surface area (Å²) < 4.78 is 15.9. The Kier molecular flexibility index (Phi) is 6.67. The molecule has 0 saturated carbocycles. The zero-order valence-corrected chi connectivity index (χ0v) is 13.1. The average molecular weight is 302 g/mol. The lowest BCUT2D eigenvalue weighted by atomic mass is 10.2. The zero-order chi connectivity index (χ0) is 14.3. The average Bonchev–Trinajstić information content (AvgIpc) is 2.43. The summed E-state index contributed by atoms with van der Waals surface area (Å²) in [5.41, 5.74) is 0. The van der Waals surface area contributed by atoms with Gasteiger partial charge in [-0.15, -0.1) is 11.8 Å². The summed E-state index contributed by atoms with van der Waals surface area (Å²) in [7, 11) is 2.18. The lowest BCUT2D eigenvalue weighted by molar-refractivity contribution is -0.114. The lowest BCUT2D eigenvalue weighted by Gasteiger charge is -2.24. The Morgan fingerprint density at radius 2 is 1.74 bits per heavy atom. The largest absolute Gasteiger partial charge is 0.500 e. The molecule has 19 heavy (non-hydrogen) atoms. The normalized spacial score (nSPS) is 15.8. The molecule has 0 aromatic rings. The van der Waals surface area contributed by atoms with Crippen molar-refractivity contribution in [3.05, 3.63) is 23.1 Å². The number of ketones is 2. The van der Waals surface area contributed by atoms with E-state index < -0.39 is 8.80 Å². The number of carbonyl (C=O) groups is 2. The van der Waals surface area contributed by atoms with Crippen molar-refractivity contribution in [2.24, 2.45) is 0 Å². The molecule has 0 spiro atoms. The van der Waals surface area contributed by atoms with Gasteiger partial charge in [0.15, 0.2) is 11.6 Å². The fourth-order valence-corrected chi connectivity index (χ4v) is 4.52. The summed E-state index contributed by atoms with van der Waals surface area (Å²) in [5.74, 6) is 0.457. The van der Waals surface area contributed by atoms with Crippen LogP contribution in [0, 0.1) is 0 Å². The van der Waals surface area contributed by atoms with Gasteiger partial charge in [0.05, 0.1) is 4.91 Å². The molecule has 0 N–H and O–H groups in total. The third-order valence-electron chi connectivity index (χ3n) is 2.73. The van der Waals surface area contributed by atoms with E-state index in [1.165, 1.54) is 30.0 Å². The van der Waals surface area contributed by atoms with Crippen LogP contribution in [0.5, 0.6) is 0 Å². The van der Waals surface area contributed by atoms with E-state index in [0.29, 0.717) is 16.7 Å². The van der Waals surface area contributed by atoms with Crippen molar-refractivity contribution in [1.29, 1.82) is 0 Å². The van der Waals surface area contributed by atoms with Crippen molar-refractivity contribution in [2.45, 2.75) is 12.5 Å². The van der Waals surface area contributed by atoms with Gasteiger partial charge in [-0.3, -0.25) is 9.59 Å². The number of hydrogen-bond acceptors (Lipinski definition) is 6. The van der Waals surface area contributed by atoms with Crippen LogP contribution >= 0.6 is 11.8 Å². The van der Waals surface area contributed by atoms with Crippen molar-refractivity contribution in [2.75, 3.05) is 27.1 Å². The number of carbonyl (C=O) groups excluding carboxylic acids is 2. The van der Waals surface area contributed by atoms with Gasteiger partial charge in [0, 0.05) is 33.4 Å². The maximum Gasteiger partial charge on any atom is 0.500 e. The van der Waals surface area contributed by atoms with Gasteiger partial charge in [0.2, 0.25) is 0 Å². The molecule has 0 amide bonds. The minimum absolute atomic E-state index is 0.113. The minimum atomic E-state index is -2.53. The summed E-state index contributed by atoms with van der Waals surface area (Å²) in [5, 5.41) is 0. The molecule has 0 unspecified atom stereocenters. The van der Waals surface area contributed by atoms with Crippen molar-refractivity contribution < 1.29 is 22.9 Å². The van der Waals surface area contributed by atoms with Gasteiger partial charge in [-0.05, 0) is 24.3 Å². The highest BCUT2D eigenvalue weighted by Crippen LogP contribution is 2.23. The predicted molar refractivity (Wildman–Crippen MR) is 75.9 cm³/mol. The third-order valence-corrected chi connectivity index (χ3v) is 6.69. The van der Waals surface area contributed by atoms with Gasteiger partial charge in [-0.25, -0.2) is 0 Å². The maximum atomic E-state index is 11.5. The standard InChI is InChI=1S/C12H18O5SSi/c1-15-19(16-2,17-3)8-4-7-18-12-9-10(13)5-6-11(12)14/h5-6,9H,4,7-8H2,1-3H3. The van der Waals surface area contributed by atoms with E-state index in [-0.39, 0.29) is 11.6 Å². The summed E-state index contributed by atoms with van der Waals surface area (Å²) in [6.07, 6.45) is 4.75. The second-order valence-electron chi connectivity index (χ2n) is 3.86. The van der Waals surface area contributed by atoms with Crippen LogP contribution in [0.3, 0.4) is 0 Å². The molecule has 0 atom stereocenters. The van der Waals surface area contributed by atoms with Crippen molar-refractivity contribution in [1.82, 2.24) is 0 Å². The van der Waals surface area contributed by atoms with Crippen molar-refractivity contribution in [3.8, 4) is 0 Å². The van der Waals surface area contributed by atoms with Gasteiger partial charge in [-0.1, -0.05) is 0 Å². The van der Waals surface area contributed by atoms with E-state index in [9.17, 15) is 9.59 Å². The minimum Gasteiger partial charge on any atom is -0.377 e. The first-order valence-corrected chi connectivity index (χ1v) is 8.75. The highest BCUT2D eigenvalue weighted by atomic mass is 32.2. The van der Waals surface area contributed by atoms with Crippen molar-refractivity contribution in [3.63, 3.8) is 0 Å². The van der Waals surface area contributed by atoms with E-state index in [2.05, 4.69) is 0 Å². The molecule has 0 saturated heterocycles. The molecule has 0 aromatic heterocycles. The van der Waals surface area contributed by atoms with Gasteiger partial charge in [0.25, 0.3) is 0 Å². The Hall–Kier alpha value is -0.733. The molecule has 106 valence electrons. The highest BCUT2D eigenvalue weighted by Gasteiger charge is 2.36. The number of thioether (sulfide) groups is 1. The smallest absolute Gasteiger partial charge is 0.377 e. The van der Waals surface area contributed by atoms with Crippen LogP contribution < -0.4 is 0 Å². The molecular weight excluding hydrogens is 284 g/mol. The van der Waals surface area contributed by atoms with Crippen LogP contribution in [0.2, 0.25) is 6.04 Å². The maximum absolute atomic E-state index is 11.5. The van der Waals surface area contributed by atoms with E-state index in [1.807, 2.05) is 0 Å². The Balaban J connectivity index is 2.39. The quantitative estimate of drug-likeness (QED) is 0.385. The molecule has 0 heterocycles. The monoisotopic (exact) mass is 302 g/mol. The Labute approximate surface area is 118 Å². The second-order valence-corrected chi connectivity index (χ2v) is 8.08. The first kappa shape index (κ1) is 16.3. The molecule has 7 heteroatoms. The van der Waals surface area contributed by atoms with E-state index in [4.69, 9.17) is 13.3 Å². The van der Waals surface area contributed by atoms with E-state index in [0.717, 1.165) is 6.42 Å². The molecule has 1 rings (SSSR count). The fraction of sp³-hybridized carbons (Fsp3) is 0.500. The third kappa shape index (κ3) is 4.70. The summed E-state index contributed by atoms with van der Waals surface area (Å²) in [6, 6.07) is 0.675. The Morgan fingerprint density at radius 1 is 1.11 bits per heavy atom. The predicted octanol–water partition coefficient (Wildman–Crippen LogP) is 1.58. The SMILES string of the molecule is CO[Si](CCCSC1=CC(=O)C=CC1=O)(OC)OC. The molecule has 0 bridgehead atoms. The first-order valence-electron chi connectivity index (χ1n) is 5.83. The number of allylic oxidation sites excluding steroid dienone is 4. The summed E-state index contributed by atoms with van der Waals surface area (Å²) in [4.78, 5) is 23.2. The zero-order valence-electron chi connectivity index (χ0n) is 11.3. The molecule has 1 aliphatic rings. The van der Waals surface area contributed by atoms with Gasteiger partial charge in [-0.2, -0.15) is 0 Å². The number of hydrogen-bond donors (Lipinski definition) is 0. The highest BCUT2D eigenvalue weighted by molar-refractivity contribution is 8.04. The Morgan fingerprint density at radius 3 is 2.32 bits per heavy atom. The molecule has 0 aliphatic heterocycles. The lowest BCUT2D eigenvalue weighted by Crippen LogP contribution is -2.42. The molecule has 0 fully saturated rings. The first-order chi connectivity index (χ1) is 9.06. The number of rotatable bonds is 8. The van der Waals surface area contributed by atoms with E-state index in [1.54, 1.807) is 21.3 Å². The summed E-state index contributed by atoms with van der Waals surface area (Å²) in [6.45, 7) is 0. The van der Waals surface area contributed by atoms with Gasteiger partial charge in [0.1, 0.15) is 0 Å². The van der Waals surface area contributed by atoms with Crippen LogP contribution in [0.1, 0.15) is 6.42 Å².